The van der Waals surface area contributed by atoms with Crippen molar-refractivity contribution in [2.45, 2.75) is 38.5 Å². The van der Waals surface area contributed by atoms with Crippen molar-refractivity contribution in [3.63, 3.8) is 0 Å². The van der Waals surface area contributed by atoms with Crippen LogP contribution in [-0.4, -0.2) is 17.1 Å². The van der Waals surface area contributed by atoms with Crippen LogP contribution in [0.4, 0.5) is 4.79 Å². The van der Waals surface area contributed by atoms with Crippen molar-refractivity contribution in [1.82, 2.24) is 5.32 Å². The molecule has 2 fully saturated rings. The molecule has 1 aliphatic heterocycles. The third-order valence-electron chi connectivity index (χ3n) is 4.31. The van der Waals surface area contributed by atoms with Crippen LogP contribution >= 0.6 is 23.4 Å². The van der Waals surface area contributed by atoms with Crippen LogP contribution in [-0.2, 0) is 9.59 Å². The van der Waals surface area contributed by atoms with E-state index in [1.54, 1.807) is 24.3 Å². The van der Waals surface area contributed by atoms with Crippen LogP contribution in [0.25, 0.3) is 6.08 Å². The van der Waals surface area contributed by atoms with Gasteiger partial charge in [0.15, 0.2) is 0 Å². The Morgan fingerprint density at radius 3 is 2.68 bits per heavy atom. The molecule has 1 aromatic carbocycles. The van der Waals surface area contributed by atoms with E-state index in [2.05, 4.69) is 5.32 Å². The van der Waals surface area contributed by atoms with Gasteiger partial charge in [0.2, 0.25) is 0 Å². The Balaban J connectivity index is 1.63. The van der Waals surface area contributed by atoms with Crippen molar-refractivity contribution in [3.8, 4) is 5.75 Å². The maximum absolute atomic E-state index is 12.1. The lowest BCUT2D eigenvalue weighted by Crippen LogP contribution is -2.17. The molecule has 2 aliphatic rings. The highest BCUT2D eigenvalue weighted by Gasteiger charge is 2.25. The fraction of sp³-hybridized carbons (Fsp3) is 0.389. The zero-order valence-corrected chi connectivity index (χ0v) is 15.1. The smallest absolute Gasteiger partial charge is 0.311 e. The van der Waals surface area contributed by atoms with E-state index < -0.39 is 11.1 Å². The monoisotopic (exact) mass is 379 g/mol. The minimum atomic E-state index is -0.436. The third-order valence-corrected chi connectivity index (χ3v) is 5.45. The number of benzene rings is 1. The fourth-order valence-corrected chi connectivity index (χ4v) is 3.95. The molecule has 2 amide bonds. The van der Waals surface area contributed by atoms with Crippen LogP contribution in [0.15, 0.2) is 23.1 Å². The second-order valence-electron chi connectivity index (χ2n) is 6.22. The molecule has 0 atom stereocenters. The lowest BCUT2D eigenvalue weighted by atomic mass is 9.87. The number of hydrogen-bond acceptors (Lipinski definition) is 5. The van der Waals surface area contributed by atoms with Crippen molar-refractivity contribution in [3.05, 3.63) is 33.7 Å². The summed E-state index contributed by atoms with van der Waals surface area (Å²) in [5, 5.41) is 2.14. The quantitative estimate of drug-likeness (QED) is 0.472. The van der Waals surface area contributed by atoms with Gasteiger partial charge < -0.3 is 4.74 Å². The molecule has 1 N–H and O–H groups in total. The first-order valence-corrected chi connectivity index (χ1v) is 9.46. The zero-order chi connectivity index (χ0) is 17.8. The lowest BCUT2D eigenvalue weighted by molar-refractivity contribution is -0.135. The minimum absolute atomic E-state index is 0.245. The van der Waals surface area contributed by atoms with Gasteiger partial charge in [-0.05, 0) is 54.3 Å². The van der Waals surface area contributed by atoms with Crippen molar-refractivity contribution < 1.29 is 19.1 Å². The first-order chi connectivity index (χ1) is 12.0. The van der Waals surface area contributed by atoms with Crippen LogP contribution in [0, 0.1) is 5.92 Å². The summed E-state index contributed by atoms with van der Waals surface area (Å²) in [4.78, 5) is 35.1. The molecule has 1 aliphatic carbocycles. The number of ether oxygens (including phenoxy) is 1. The summed E-state index contributed by atoms with van der Waals surface area (Å²) >= 11 is 7.03. The van der Waals surface area contributed by atoms with Crippen molar-refractivity contribution >= 4 is 46.6 Å². The number of rotatable bonds is 4. The van der Waals surface area contributed by atoms with Gasteiger partial charge in [0.25, 0.3) is 11.1 Å². The summed E-state index contributed by atoms with van der Waals surface area (Å²) in [5.74, 6) is 0.114. The summed E-state index contributed by atoms with van der Waals surface area (Å²) in [6.07, 6.45) is 7.76. The molecule has 3 rings (SSSR count). The summed E-state index contributed by atoms with van der Waals surface area (Å²) in [6.45, 7) is 0. The Morgan fingerprint density at radius 2 is 2.04 bits per heavy atom. The fourth-order valence-electron chi connectivity index (χ4n) is 3.05. The summed E-state index contributed by atoms with van der Waals surface area (Å²) in [7, 11) is 0. The van der Waals surface area contributed by atoms with Gasteiger partial charge in [-0.3, -0.25) is 19.7 Å². The molecule has 5 nitrogen and oxygen atoms in total. The maximum atomic E-state index is 12.1. The van der Waals surface area contributed by atoms with Crippen LogP contribution in [0.3, 0.4) is 0 Å². The van der Waals surface area contributed by atoms with Crippen LogP contribution in [0.1, 0.15) is 44.1 Å². The second-order valence-corrected chi connectivity index (χ2v) is 7.64. The van der Waals surface area contributed by atoms with Gasteiger partial charge in [-0.15, -0.1) is 0 Å². The molecule has 0 unspecified atom stereocenters. The highest BCUT2D eigenvalue weighted by Crippen LogP contribution is 2.31. The van der Waals surface area contributed by atoms with E-state index in [4.69, 9.17) is 16.3 Å². The molecular weight excluding hydrogens is 362 g/mol. The Morgan fingerprint density at radius 1 is 1.28 bits per heavy atom. The van der Waals surface area contributed by atoms with Crippen molar-refractivity contribution in [2.75, 3.05) is 0 Å². The van der Waals surface area contributed by atoms with E-state index in [1.165, 1.54) is 19.3 Å². The molecule has 0 spiro atoms. The molecule has 1 aromatic rings. The predicted molar refractivity (Wildman–Crippen MR) is 97.4 cm³/mol. The number of carbonyl (C=O) groups is 3. The summed E-state index contributed by atoms with van der Waals surface area (Å²) < 4.78 is 5.38. The van der Waals surface area contributed by atoms with Gasteiger partial charge in [0.1, 0.15) is 5.75 Å². The first-order valence-electron chi connectivity index (χ1n) is 8.26. The number of halogens is 1. The van der Waals surface area contributed by atoms with E-state index >= 15 is 0 Å². The number of nitrogens with one attached hydrogen (secondary N) is 1. The van der Waals surface area contributed by atoms with Crippen LogP contribution < -0.4 is 10.1 Å². The SMILES string of the molecule is O=C(CC1CCCCC1)Oc1ccc(/C=C2\SC(=O)NC2=O)c(Cl)c1. The normalized spacial score (nSPS) is 20.0. The second kappa shape index (κ2) is 8.06. The average Bonchev–Trinajstić information content (AvgIpc) is 2.88. The zero-order valence-electron chi connectivity index (χ0n) is 13.5. The topological polar surface area (TPSA) is 72.5 Å². The number of carbonyl (C=O) groups excluding carboxylic acids is 3. The van der Waals surface area contributed by atoms with Crippen LogP contribution in [0.2, 0.25) is 5.02 Å². The Bertz CT molecular complexity index is 741. The third kappa shape index (κ3) is 4.86. The highest BCUT2D eigenvalue weighted by molar-refractivity contribution is 8.18. The van der Waals surface area contributed by atoms with Gasteiger partial charge in [0.05, 0.1) is 9.93 Å². The Kier molecular flexibility index (Phi) is 5.81. The number of imide groups is 1. The van der Waals surface area contributed by atoms with E-state index in [1.807, 2.05) is 0 Å². The largest absolute Gasteiger partial charge is 0.426 e. The maximum Gasteiger partial charge on any atom is 0.311 e. The lowest BCUT2D eigenvalue weighted by Gasteiger charge is -2.20. The number of esters is 1. The van der Waals surface area contributed by atoms with Gasteiger partial charge in [-0.25, -0.2) is 0 Å². The highest BCUT2D eigenvalue weighted by atomic mass is 35.5. The molecule has 1 saturated heterocycles. The van der Waals surface area contributed by atoms with Gasteiger partial charge in [-0.1, -0.05) is 30.9 Å². The van der Waals surface area contributed by atoms with Crippen molar-refractivity contribution in [1.29, 1.82) is 0 Å². The van der Waals surface area contributed by atoms with Crippen LogP contribution in [0.5, 0.6) is 5.75 Å². The number of amides is 2. The average molecular weight is 380 g/mol. The molecule has 0 aromatic heterocycles. The molecule has 1 saturated carbocycles. The van der Waals surface area contributed by atoms with Crippen molar-refractivity contribution in [2.24, 2.45) is 5.92 Å². The van der Waals surface area contributed by atoms with Gasteiger partial charge >= 0.3 is 5.97 Å². The van der Waals surface area contributed by atoms with E-state index in [9.17, 15) is 14.4 Å². The Labute approximate surface area is 155 Å². The number of hydrogen-bond donors (Lipinski definition) is 1. The Hall–Kier alpha value is -1.79. The van der Waals surface area contributed by atoms with E-state index in [-0.39, 0.29) is 10.9 Å². The molecule has 132 valence electrons. The van der Waals surface area contributed by atoms with E-state index in [0.717, 1.165) is 24.6 Å². The van der Waals surface area contributed by atoms with E-state index in [0.29, 0.717) is 28.7 Å². The molecule has 25 heavy (non-hydrogen) atoms. The summed E-state index contributed by atoms with van der Waals surface area (Å²) in [5.41, 5.74) is 0.584. The molecule has 0 radical (unpaired) electrons. The first kappa shape index (κ1) is 18.0. The van der Waals surface area contributed by atoms with Gasteiger partial charge in [-0.2, -0.15) is 0 Å². The minimum Gasteiger partial charge on any atom is -0.426 e. The molecule has 0 bridgehead atoms. The standard InChI is InChI=1S/C18H18ClNO4S/c19-14-10-13(24-16(21)8-11-4-2-1-3-5-11)7-6-12(14)9-15-17(22)20-18(23)25-15/h6-7,9-11H,1-5,8H2,(H,20,22,23)/b15-9-. The molecule has 7 heteroatoms. The summed E-state index contributed by atoms with van der Waals surface area (Å²) in [6, 6.07) is 4.84. The number of thioether (sulfide) groups is 1. The van der Waals surface area contributed by atoms with Gasteiger partial charge in [0, 0.05) is 12.5 Å². The molecule has 1 heterocycles. The predicted octanol–water partition coefficient (Wildman–Crippen LogP) is 4.54. The molecular formula is C18H18ClNO4S.